The summed E-state index contributed by atoms with van der Waals surface area (Å²) in [5, 5.41) is 14.1. The molecule has 134 valence electrons. The quantitative estimate of drug-likeness (QED) is 0.588. The standard InChI is InChI=1S/C16H30N2O5/c1-10(2)7-11(8-13(19)20)14(21)18-12(15(22)17-6)9-23-16(3,4)5/h10-12H,7-9H2,1-6H3,(H,17,22)(H,18,21)(H,19,20)/t11-,12+/m1/s1. The third-order valence-corrected chi connectivity index (χ3v) is 3.11. The Balaban J connectivity index is 4.94. The van der Waals surface area contributed by atoms with E-state index < -0.39 is 29.4 Å². The number of rotatable bonds is 9. The molecular formula is C16H30N2O5. The average molecular weight is 330 g/mol. The smallest absolute Gasteiger partial charge is 0.304 e. The highest BCUT2D eigenvalue weighted by atomic mass is 16.5. The first-order valence-corrected chi connectivity index (χ1v) is 7.84. The van der Waals surface area contributed by atoms with Gasteiger partial charge in [0.05, 0.1) is 18.6 Å². The van der Waals surface area contributed by atoms with Gasteiger partial charge in [-0.05, 0) is 33.1 Å². The van der Waals surface area contributed by atoms with Crippen molar-refractivity contribution in [3.05, 3.63) is 0 Å². The second-order valence-corrected chi connectivity index (χ2v) is 7.02. The van der Waals surface area contributed by atoms with Crippen LogP contribution < -0.4 is 10.6 Å². The van der Waals surface area contributed by atoms with Gasteiger partial charge in [0.25, 0.3) is 0 Å². The van der Waals surface area contributed by atoms with Gasteiger partial charge in [-0.3, -0.25) is 14.4 Å². The minimum atomic E-state index is -1.03. The van der Waals surface area contributed by atoms with Crippen molar-refractivity contribution in [3.8, 4) is 0 Å². The normalized spacial score (nSPS) is 14.2. The molecule has 0 saturated heterocycles. The number of carbonyl (C=O) groups excluding carboxylic acids is 2. The van der Waals surface area contributed by atoms with E-state index >= 15 is 0 Å². The summed E-state index contributed by atoms with van der Waals surface area (Å²) < 4.78 is 5.57. The van der Waals surface area contributed by atoms with E-state index in [0.717, 1.165) is 0 Å². The maximum Gasteiger partial charge on any atom is 0.304 e. The van der Waals surface area contributed by atoms with Gasteiger partial charge < -0.3 is 20.5 Å². The number of hydrogen-bond donors (Lipinski definition) is 3. The van der Waals surface area contributed by atoms with Crippen LogP contribution in [0.2, 0.25) is 0 Å². The van der Waals surface area contributed by atoms with Gasteiger partial charge in [0.1, 0.15) is 6.04 Å². The second kappa shape index (κ2) is 9.50. The van der Waals surface area contributed by atoms with Crippen LogP contribution in [0.5, 0.6) is 0 Å². The zero-order valence-electron chi connectivity index (χ0n) is 14.9. The molecule has 0 aliphatic rings. The van der Waals surface area contributed by atoms with Gasteiger partial charge in [0.2, 0.25) is 11.8 Å². The molecule has 2 atom stereocenters. The molecule has 0 saturated carbocycles. The Bertz CT molecular complexity index is 415. The summed E-state index contributed by atoms with van der Waals surface area (Å²) >= 11 is 0. The highest BCUT2D eigenvalue weighted by molar-refractivity contribution is 5.89. The number of ether oxygens (including phenoxy) is 1. The van der Waals surface area contributed by atoms with Crippen LogP contribution in [0.15, 0.2) is 0 Å². The third kappa shape index (κ3) is 9.89. The molecule has 0 aromatic heterocycles. The first-order chi connectivity index (χ1) is 10.5. The molecular weight excluding hydrogens is 300 g/mol. The first-order valence-electron chi connectivity index (χ1n) is 7.84. The Kier molecular flexibility index (Phi) is 8.82. The highest BCUT2D eigenvalue weighted by Gasteiger charge is 2.28. The Labute approximate surface area is 138 Å². The number of amides is 2. The SMILES string of the molecule is CNC(=O)[C@H](COC(C)(C)C)NC(=O)[C@@H](CC(=O)O)CC(C)C. The molecule has 0 unspecified atom stereocenters. The fourth-order valence-electron chi connectivity index (χ4n) is 2.04. The molecule has 2 amide bonds. The summed E-state index contributed by atoms with van der Waals surface area (Å²) in [5.74, 6) is -2.34. The zero-order valence-corrected chi connectivity index (χ0v) is 14.9. The number of carbonyl (C=O) groups is 3. The van der Waals surface area contributed by atoms with E-state index in [1.807, 2.05) is 34.6 Å². The van der Waals surface area contributed by atoms with E-state index in [9.17, 15) is 14.4 Å². The Hall–Kier alpha value is -1.63. The summed E-state index contributed by atoms with van der Waals surface area (Å²) in [5.41, 5.74) is -0.449. The fraction of sp³-hybridized carbons (Fsp3) is 0.812. The number of carboxylic acids is 1. The number of aliphatic carboxylic acids is 1. The molecule has 0 aliphatic heterocycles. The summed E-state index contributed by atoms with van der Waals surface area (Å²) in [7, 11) is 1.47. The lowest BCUT2D eigenvalue weighted by molar-refractivity contribution is -0.142. The minimum Gasteiger partial charge on any atom is -0.481 e. The van der Waals surface area contributed by atoms with Gasteiger partial charge in [-0.2, -0.15) is 0 Å². The van der Waals surface area contributed by atoms with Crippen LogP contribution in [0, 0.1) is 11.8 Å². The summed E-state index contributed by atoms with van der Waals surface area (Å²) in [6, 6.07) is -0.852. The fourth-order valence-corrected chi connectivity index (χ4v) is 2.04. The van der Waals surface area contributed by atoms with Gasteiger partial charge in [0, 0.05) is 13.0 Å². The van der Waals surface area contributed by atoms with E-state index in [2.05, 4.69) is 10.6 Å². The molecule has 0 aromatic carbocycles. The lowest BCUT2D eigenvalue weighted by atomic mass is 9.93. The van der Waals surface area contributed by atoms with E-state index in [1.165, 1.54) is 7.05 Å². The molecule has 0 rings (SSSR count). The van der Waals surface area contributed by atoms with Crippen molar-refractivity contribution in [1.82, 2.24) is 10.6 Å². The van der Waals surface area contributed by atoms with Crippen molar-refractivity contribution in [2.24, 2.45) is 11.8 Å². The van der Waals surface area contributed by atoms with Crippen LogP contribution in [0.25, 0.3) is 0 Å². The van der Waals surface area contributed by atoms with Gasteiger partial charge in [-0.25, -0.2) is 0 Å². The van der Waals surface area contributed by atoms with Gasteiger partial charge in [0.15, 0.2) is 0 Å². The maximum atomic E-state index is 12.4. The molecule has 0 bridgehead atoms. The number of carboxylic acid groups (broad SMARTS) is 1. The monoisotopic (exact) mass is 330 g/mol. The molecule has 7 heteroatoms. The number of hydrogen-bond acceptors (Lipinski definition) is 4. The molecule has 3 N–H and O–H groups in total. The van der Waals surface area contributed by atoms with Gasteiger partial charge in [-0.1, -0.05) is 13.8 Å². The van der Waals surface area contributed by atoms with Crippen LogP contribution in [0.1, 0.15) is 47.5 Å². The molecule has 0 aromatic rings. The van der Waals surface area contributed by atoms with Crippen molar-refractivity contribution in [3.63, 3.8) is 0 Å². The topological polar surface area (TPSA) is 105 Å². The third-order valence-electron chi connectivity index (χ3n) is 3.11. The van der Waals surface area contributed by atoms with Crippen LogP contribution in [0.4, 0.5) is 0 Å². The summed E-state index contributed by atoms with van der Waals surface area (Å²) in [6.45, 7) is 9.41. The number of nitrogens with one attached hydrogen (secondary N) is 2. The van der Waals surface area contributed by atoms with Crippen molar-refractivity contribution in [2.75, 3.05) is 13.7 Å². The molecule has 0 aliphatic carbocycles. The van der Waals surface area contributed by atoms with Crippen LogP contribution in [-0.4, -0.2) is 48.2 Å². The van der Waals surface area contributed by atoms with Crippen molar-refractivity contribution < 1.29 is 24.2 Å². The first kappa shape index (κ1) is 21.4. The predicted octanol–water partition coefficient (Wildman–Crippen LogP) is 1.17. The number of likely N-dealkylation sites (N-methyl/N-ethyl adjacent to an activating group) is 1. The predicted molar refractivity (Wildman–Crippen MR) is 86.9 cm³/mol. The lowest BCUT2D eigenvalue weighted by Gasteiger charge is -2.26. The van der Waals surface area contributed by atoms with E-state index in [4.69, 9.17) is 9.84 Å². The van der Waals surface area contributed by atoms with Gasteiger partial charge in [-0.15, -0.1) is 0 Å². The van der Waals surface area contributed by atoms with E-state index in [0.29, 0.717) is 6.42 Å². The largest absolute Gasteiger partial charge is 0.481 e. The minimum absolute atomic E-state index is 0.0242. The van der Waals surface area contributed by atoms with Gasteiger partial charge >= 0.3 is 5.97 Å². The van der Waals surface area contributed by atoms with Crippen LogP contribution in [-0.2, 0) is 19.1 Å². The molecule has 7 nitrogen and oxygen atoms in total. The Morgan fingerprint density at radius 2 is 1.70 bits per heavy atom. The van der Waals surface area contributed by atoms with Crippen molar-refractivity contribution in [1.29, 1.82) is 0 Å². The Morgan fingerprint density at radius 3 is 2.09 bits per heavy atom. The lowest BCUT2D eigenvalue weighted by Crippen LogP contribution is -2.51. The average Bonchev–Trinajstić information content (AvgIpc) is 2.39. The zero-order chi connectivity index (χ0) is 18.2. The van der Waals surface area contributed by atoms with Crippen LogP contribution in [0.3, 0.4) is 0 Å². The van der Waals surface area contributed by atoms with E-state index in [-0.39, 0.29) is 24.9 Å². The molecule has 23 heavy (non-hydrogen) atoms. The molecule has 0 fully saturated rings. The molecule has 0 heterocycles. The molecule has 0 spiro atoms. The Morgan fingerprint density at radius 1 is 1.13 bits per heavy atom. The maximum absolute atomic E-state index is 12.4. The van der Waals surface area contributed by atoms with E-state index in [1.54, 1.807) is 0 Å². The second-order valence-electron chi connectivity index (χ2n) is 7.02. The summed E-state index contributed by atoms with van der Waals surface area (Å²) in [6.07, 6.45) is 0.184. The molecule has 0 radical (unpaired) electrons. The van der Waals surface area contributed by atoms with Crippen LogP contribution >= 0.6 is 0 Å². The van der Waals surface area contributed by atoms with Crippen molar-refractivity contribution in [2.45, 2.75) is 59.1 Å². The summed E-state index contributed by atoms with van der Waals surface area (Å²) in [4.78, 5) is 35.2. The van der Waals surface area contributed by atoms with Crippen molar-refractivity contribution >= 4 is 17.8 Å². The highest BCUT2D eigenvalue weighted by Crippen LogP contribution is 2.16.